The van der Waals surface area contributed by atoms with E-state index in [1.807, 2.05) is 59.7 Å². The maximum Gasteiger partial charge on any atom is 0.259 e. The summed E-state index contributed by atoms with van der Waals surface area (Å²) in [4.78, 5) is 14.7. The Kier molecular flexibility index (Phi) is 4.35. The van der Waals surface area contributed by atoms with E-state index in [2.05, 4.69) is 0 Å². The molecule has 1 amide bonds. The van der Waals surface area contributed by atoms with Crippen molar-refractivity contribution in [3.63, 3.8) is 0 Å². The van der Waals surface area contributed by atoms with Crippen LogP contribution in [0, 0.1) is 0 Å². The van der Waals surface area contributed by atoms with Crippen molar-refractivity contribution >= 4 is 5.91 Å². The number of benzene rings is 1. The first-order chi connectivity index (χ1) is 8.88. The lowest BCUT2D eigenvalue weighted by atomic mass is 9.88. The van der Waals surface area contributed by atoms with Crippen LogP contribution in [0.15, 0.2) is 30.3 Å². The molecule has 0 bridgehead atoms. The first kappa shape index (κ1) is 16.7. The van der Waals surface area contributed by atoms with Gasteiger partial charge in [-0.1, -0.05) is 30.3 Å². The van der Waals surface area contributed by atoms with Gasteiger partial charge in [-0.3, -0.25) is 4.79 Å². The van der Waals surface area contributed by atoms with E-state index in [1.165, 1.54) is 0 Å². The third kappa shape index (κ3) is 3.40. The molecule has 3 heteroatoms. The SMILES string of the molecule is CC(O)(C(=O)N(C(C)(C)C)C(C)(C)C)c1ccccc1. The third-order valence-electron chi connectivity index (χ3n) is 3.30. The van der Waals surface area contributed by atoms with Crippen LogP contribution in [0.5, 0.6) is 0 Å². The summed E-state index contributed by atoms with van der Waals surface area (Å²) in [6, 6.07) is 9.09. The van der Waals surface area contributed by atoms with Crippen LogP contribution in [0.3, 0.4) is 0 Å². The lowest BCUT2D eigenvalue weighted by Crippen LogP contribution is -2.60. The van der Waals surface area contributed by atoms with Crippen molar-refractivity contribution in [2.75, 3.05) is 0 Å². The predicted molar refractivity (Wildman–Crippen MR) is 82.4 cm³/mol. The number of rotatable bonds is 2. The summed E-state index contributed by atoms with van der Waals surface area (Å²) in [5.74, 6) is -0.274. The molecule has 0 radical (unpaired) electrons. The second kappa shape index (κ2) is 5.21. The Morgan fingerprint density at radius 2 is 1.30 bits per heavy atom. The molecule has 0 aliphatic heterocycles. The van der Waals surface area contributed by atoms with E-state index >= 15 is 0 Å². The summed E-state index contributed by atoms with van der Waals surface area (Å²) in [6.07, 6.45) is 0. The monoisotopic (exact) mass is 277 g/mol. The molecule has 20 heavy (non-hydrogen) atoms. The van der Waals surface area contributed by atoms with Crippen molar-refractivity contribution in [3.8, 4) is 0 Å². The van der Waals surface area contributed by atoms with E-state index in [9.17, 15) is 9.90 Å². The van der Waals surface area contributed by atoms with Gasteiger partial charge in [0.15, 0.2) is 5.60 Å². The Balaban J connectivity index is 3.26. The zero-order chi connectivity index (χ0) is 15.8. The molecule has 0 aliphatic carbocycles. The van der Waals surface area contributed by atoms with Crippen molar-refractivity contribution in [1.82, 2.24) is 4.90 Å². The number of hydrogen-bond donors (Lipinski definition) is 1. The molecular weight excluding hydrogens is 250 g/mol. The Morgan fingerprint density at radius 1 is 0.900 bits per heavy atom. The van der Waals surface area contributed by atoms with Gasteiger partial charge in [0.2, 0.25) is 0 Å². The summed E-state index contributed by atoms with van der Waals surface area (Å²) in [6.45, 7) is 13.5. The Morgan fingerprint density at radius 3 is 1.65 bits per heavy atom. The highest BCUT2D eigenvalue weighted by atomic mass is 16.3. The fourth-order valence-electron chi connectivity index (χ4n) is 2.72. The van der Waals surface area contributed by atoms with Gasteiger partial charge in [-0.25, -0.2) is 0 Å². The quantitative estimate of drug-likeness (QED) is 0.901. The molecule has 3 nitrogen and oxygen atoms in total. The highest BCUT2D eigenvalue weighted by Crippen LogP contribution is 2.32. The lowest BCUT2D eigenvalue weighted by molar-refractivity contribution is -0.163. The number of carbonyl (C=O) groups is 1. The molecule has 1 aromatic rings. The average Bonchev–Trinajstić information content (AvgIpc) is 2.26. The normalized spacial score (nSPS) is 15.6. The van der Waals surface area contributed by atoms with Crippen molar-refractivity contribution in [1.29, 1.82) is 0 Å². The van der Waals surface area contributed by atoms with E-state index in [1.54, 1.807) is 24.0 Å². The second-order valence-electron chi connectivity index (χ2n) is 7.42. The fraction of sp³-hybridized carbons (Fsp3) is 0.588. The smallest absolute Gasteiger partial charge is 0.259 e. The molecule has 0 saturated carbocycles. The molecule has 0 aliphatic rings. The van der Waals surface area contributed by atoms with Crippen LogP contribution in [0.2, 0.25) is 0 Å². The Hall–Kier alpha value is -1.35. The topological polar surface area (TPSA) is 40.5 Å². The molecule has 1 atom stereocenters. The van der Waals surface area contributed by atoms with Crippen LogP contribution in [-0.2, 0) is 10.4 Å². The van der Waals surface area contributed by atoms with Gasteiger partial charge in [-0.15, -0.1) is 0 Å². The maximum atomic E-state index is 12.9. The molecule has 0 heterocycles. The minimum Gasteiger partial charge on any atom is -0.376 e. The molecule has 0 aromatic heterocycles. The van der Waals surface area contributed by atoms with Crippen LogP contribution in [-0.4, -0.2) is 27.0 Å². The number of aliphatic hydroxyl groups is 1. The Labute approximate surface area is 122 Å². The number of carbonyl (C=O) groups excluding carboxylic acids is 1. The molecule has 1 N–H and O–H groups in total. The summed E-state index contributed by atoms with van der Waals surface area (Å²) in [7, 11) is 0. The van der Waals surface area contributed by atoms with E-state index in [-0.39, 0.29) is 17.0 Å². The van der Waals surface area contributed by atoms with Gasteiger partial charge in [0.1, 0.15) is 0 Å². The maximum absolute atomic E-state index is 12.9. The molecular formula is C17H27NO2. The van der Waals surface area contributed by atoms with Gasteiger partial charge in [0.05, 0.1) is 0 Å². The molecule has 1 aromatic carbocycles. The van der Waals surface area contributed by atoms with Crippen LogP contribution in [0.25, 0.3) is 0 Å². The highest BCUT2D eigenvalue weighted by molar-refractivity contribution is 5.87. The molecule has 1 rings (SSSR count). The minimum atomic E-state index is -1.53. The lowest BCUT2D eigenvalue weighted by Gasteiger charge is -2.48. The summed E-state index contributed by atoms with van der Waals surface area (Å²) >= 11 is 0. The Bertz CT molecular complexity index is 450. The molecule has 0 fully saturated rings. The molecule has 0 spiro atoms. The van der Waals surface area contributed by atoms with Crippen LogP contribution >= 0.6 is 0 Å². The number of hydrogen-bond acceptors (Lipinski definition) is 2. The van der Waals surface area contributed by atoms with Gasteiger partial charge in [0, 0.05) is 11.1 Å². The van der Waals surface area contributed by atoms with Gasteiger partial charge in [-0.05, 0) is 54.0 Å². The van der Waals surface area contributed by atoms with Gasteiger partial charge < -0.3 is 10.0 Å². The van der Waals surface area contributed by atoms with E-state index in [0.717, 1.165) is 0 Å². The van der Waals surface area contributed by atoms with Gasteiger partial charge in [-0.2, -0.15) is 0 Å². The predicted octanol–water partition coefficient (Wildman–Crippen LogP) is 3.32. The van der Waals surface area contributed by atoms with Crippen molar-refractivity contribution in [2.24, 2.45) is 0 Å². The first-order valence-electron chi connectivity index (χ1n) is 7.01. The standard InChI is InChI=1S/C17H27NO2/c1-15(2,3)18(16(4,5)6)14(19)17(7,20)13-11-9-8-10-12-13/h8-12,20H,1-7H3. The zero-order valence-corrected chi connectivity index (χ0v) is 13.7. The summed E-state index contributed by atoms with van der Waals surface area (Å²) < 4.78 is 0. The van der Waals surface area contributed by atoms with Crippen molar-refractivity contribution in [2.45, 2.75) is 65.1 Å². The van der Waals surface area contributed by atoms with Crippen LogP contribution in [0.4, 0.5) is 0 Å². The average molecular weight is 277 g/mol. The van der Waals surface area contributed by atoms with Crippen LogP contribution < -0.4 is 0 Å². The van der Waals surface area contributed by atoms with Gasteiger partial charge in [0.25, 0.3) is 5.91 Å². The van der Waals surface area contributed by atoms with E-state index in [4.69, 9.17) is 0 Å². The third-order valence-corrected chi connectivity index (χ3v) is 3.30. The molecule has 0 saturated heterocycles. The number of amides is 1. The fourth-order valence-corrected chi connectivity index (χ4v) is 2.72. The van der Waals surface area contributed by atoms with Crippen LogP contribution in [0.1, 0.15) is 54.0 Å². The summed E-state index contributed by atoms with van der Waals surface area (Å²) in [5.41, 5.74) is -1.65. The van der Waals surface area contributed by atoms with Crippen molar-refractivity contribution in [3.05, 3.63) is 35.9 Å². The van der Waals surface area contributed by atoms with Crippen molar-refractivity contribution < 1.29 is 9.90 Å². The first-order valence-corrected chi connectivity index (χ1v) is 7.01. The largest absolute Gasteiger partial charge is 0.376 e. The van der Waals surface area contributed by atoms with E-state index < -0.39 is 5.60 Å². The van der Waals surface area contributed by atoms with E-state index in [0.29, 0.717) is 5.56 Å². The summed E-state index contributed by atoms with van der Waals surface area (Å²) in [5, 5.41) is 10.8. The highest BCUT2D eigenvalue weighted by Gasteiger charge is 2.44. The second-order valence-corrected chi connectivity index (χ2v) is 7.42. The number of nitrogens with zero attached hydrogens (tertiary/aromatic N) is 1. The molecule has 1 unspecified atom stereocenters. The van der Waals surface area contributed by atoms with Gasteiger partial charge >= 0.3 is 0 Å². The minimum absolute atomic E-state index is 0.274. The zero-order valence-electron chi connectivity index (χ0n) is 13.7. The molecule has 112 valence electrons.